The molecule has 0 aliphatic heterocycles. The normalized spacial score (nSPS) is 24.1. The second-order valence-electron chi connectivity index (χ2n) is 14.2. The fourth-order valence-electron chi connectivity index (χ4n) is 7.09. The van der Waals surface area contributed by atoms with E-state index >= 15 is 0 Å². The highest BCUT2D eigenvalue weighted by Gasteiger charge is 2.53. The van der Waals surface area contributed by atoms with Gasteiger partial charge in [0, 0.05) is 31.0 Å². The summed E-state index contributed by atoms with van der Waals surface area (Å²) in [6, 6.07) is 18.2. The zero-order valence-electron chi connectivity index (χ0n) is 25.7. The average Bonchev–Trinajstić information content (AvgIpc) is 3.61. The lowest BCUT2D eigenvalue weighted by Crippen LogP contribution is -2.51. The SMILES string of the molecule is CC(C)(O)c1ccc(-c2cccc(N(CC34CCC(c5noc(C(C)(F)F)n5)(CC3)CC4)C(=O)CCC3(C#N)CC3)c2)cc1. The predicted octanol–water partition coefficient (Wildman–Crippen LogP) is 7.78. The lowest BCUT2D eigenvalue weighted by molar-refractivity contribution is -0.119. The van der Waals surface area contributed by atoms with Crippen molar-refractivity contribution in [3.8, 4) is 17.2 Å². The molecule has 7 rings (SSSR count). The molecule has 2 bridgehead atoms. The van der Waals surface area contributed by atoms with Gasteiger partial charge in [-0.25, -0.2) is 0 Å². The Hall–Kier alpha value is -3.64. The van der Waals surface area contributed by atoms with Gasteiger partial charge in [0.1, 0.15) is 0 Å². The molecule has 7 nitrogen and oxygen atoms in total. The molecular weight excluding hydrogens is 562 g/mol. The molecule has 4 fully saturated rings. The number of hydrogen-bond donors (Lipinski definition) is 1. The number of amides is 1. The number of benzene rings is 2. The van der Waals surface area contributed by atoms with Gasteiger partial charge in [0.15, 0.2) is 5.82 Å². The summed E-state index contributed by atoms with van der Waals surface area (Å²) in [4.78, 5) is 20.0. The van der Waals surface area contributed by atoms with Crippen molar-refractivity contribution in [3.63, 3.8) is 0 Å². The van der Waals surface area contributed by atoms with Gasteiger partial charge in [-0.05, 0) is 106 Å². The summed E-state index contributed by atoms with van der Waals surface area (Å²) in [6.07, 6.45) is 7.36. The van der Waals surface area contributed by atoms with E-state index in [1.54, 1.807) is 13.8 Å². The molecule has 4 aliphatic rings. The van der Waals surface area contributed by atoms with E-state index in [1.807, 2.05) is 53.4 Å². The molecule has 0 spiro atoms. The predicted molar refractivity (Wildman–Crippen MR) is 162 cm³/mol. The van der Waals surface area contributed by atoms with Crippen molar-refractivity contribution in [2.24, 2.45) is 10.8 Å². The number of hydrogen-bond acceptors (Lipinski definition) is 6. The van der Waals surface area contributed by atoms with Crippen LogP contribution in [-0.2, 0) is 21.7 Å². The molecule has 1 amide bonds. The van der Waals surface area contributed by atoms with Gasteiger partial charge in [-0.15, -0.1) is 0 Å². The van der Waals surface area contributed by atoms with Crippen molar-refractivity contribution in [1.29, 1.82) is 5.26 Å². The zero-order valence-corrected chi connectivity index (χ0v) is 25.7. The van der Waals surface area contributed by atoms with Crippen molar-refractivity contribution in [1.82, 2.24) is 10.1 Å². The van der Waals surface area contributed by atoms with E-state index in [1.165, 1.54) is 0 Å². The highest BCUT2D eigenvalue weighted by atomic mass is 19.3. The van der Waals surface area contributed by atoms with Crippen molar-refractivity contribution in [2.75, 3.05) is 11.4 Å². The Morgan fingerprint density at radius 2 is 1.66 bits per heavy atom. The van der Waals surface area contributed by atoms with Crippen LogP contribution < -0.4 is 4.90 Å². The third kappa shape index (κ3) is 5.89. The van der Waals surface area contributed by atoms with E-state index in [4.69, 9.17) is 4.52 Å². The minimum Gasteiger partial charge on any atom is -0.386 e. The third-order valence-electron chi connectivity index (χ3n) is 10.5. The summed E-state index contributed by atoms with van der Waals surface area (Å²) in [5, 5.41) is 24.0. The lowest BCUT2D eigenvalue weighted by atomic mass is 9.53. The number of anilines is 1. The first-order valence-electron chi connectivity index (χ1n) is 15.6. The van der Waals surface area contributed by atoms with Gasteiger partial charge in [0.05, 0.1) is 17.1 Å². The Balaban J connectivity index is 1.24. The maximum atomic E-state index is 13.9. The largest absolute Gasteiger partial charge is 0.386 e. The van der Waals surface area contributed by atoms with Crippen LogP contribution in [0.15, 0.2) is 53.1 Å². The van der Waals surface area contributed by atoms with Gasteiger partial charge in [-0.3, -0.25) is 4.79 Å². The summed E-state index contributed by atoms with van der Waals surface area (Å²) in [7, 11) is 0. The van der Waals surface area contributed by atoms with Crippen LogP contribution in [-0.4, -0.2) is 27.7 Å². The Morgan fingerprint density at radius 3 is 2.20 bits per heavy atom. The maximum Gasteiger partial charge on any atom is 0.322 e. The van der Waals surface area contributed by atoms with Crippen LogP contribution in [0.4, 0.5) is 14.5 Å². The molecule has 0 radical (unpaired) electrons. The van der Waals surface area contributed by atoms with Gasteiger partial charge in [0.25, 0.3) is 5.89 Å². The Labute approximate surface area is 257 Å². The molecule has 4 saturated carbocycles. The van der Waals surface area contributed by atoms with Crippen molar-refractivity contribution in [3.05, 3.63) is 65.8 Å². The van der Waals surface area contributed by atoms with E-state index in [-0.39, 0.29) is 22.2 Å². The molecule has 0 unspecified atom stereocenters. The number of halogens is 2. The van der Waals surface area contributed by atoms with E-state index < -0.39 is 17.4 Å². The van der Waals surface area contributed by atoms with E-state index in [0.717, 1.165) is 80.7 Å². The number of aliphatic hydroxyl groups is 1. The number of carbonyl (C=O) groups is 1. The van der Waals surface area contributed by atoms with Crippen molar-refractivity contribution >= 4 is 11.6 Å². The van der Waals surface area contributed by atoms with Gasteiger partial charge >= 0.3 is 5.92 Å². The van der Waals surface area contributed by atoms with Crippen molar-refractivity contribution in [2.45, 2.75) is 102 Å². The minimum absolute atomic E-state index is 0.0193. The number of nitriles is 1. The fraction of sp³-hybridized carbons (Fsp3) is 0.543. The van der Waals surface area contributed by atoms with Crippen LogP contribution in [0.25, 0.3) is 11.1 Å². The summed E-state index contributed by atoms with van der Waals surface area (Å²) in [6.45, 7) is 4.84. The Kier molecular flexibility index (Phi) is 7.43. The van der Waals surface area contributed by atoms with Gasteiger partial charge in [0.2, 0.25) is 5.91 Å². The topological polar surface area (TPSA) is 103 Å². The van der Waals surface area contributed by atoms with Crippen molar-refractivity contribution < 1.29 is 23.2 Å². The molecule has 1 N–H and O–H groups in total. The van der Waals surface area contributed by atoms with E-state index in [9.17, 15) is 23.9 Å². The molecule has 44 heavy (non-hydrogen) atoms. The lowest BCUT2D eigenvalue weighted by Gasteiger charge is -2.53. The van der Waals surface area contributed by atoms with Crippen LogP contribution in [0.3, 0.4) is 0 Å². The molecular formula is C35H40F2N4O3. The number of fused-ring (bicyclic) bond motifs is 3. The minimum atomic E-state index is -3.17. The standard InChI is InChI=1S/C35H40F2N4O3/c1-31(2,43)26-9-7-24(8-10-26)25-5-4-6-27(21-25)41(28(42)11-12-33(22-38)13-14-33)23-34-15-18-35(19-16-34,20-17-34)29-39-30(44-40-29)32(3,36)37/h4-10,21,43H,11-20,23H2,1-3H3. The first-order valence-corrected chi connectivity index (χ1v) is 15.6. The molecule has 232 valence electrons. The fourth-order valence-corrected chi connectivity index (χ4v) is 7.09. The molecule has 3 aromatic rings. The highest BCUT2D eigenvalue weighted by molar-refractivity contribution is 5.94. The number of alkyl halides is 2. The molecule has 4 aliphatic carbocycles. The number of nitrogens with zero attached hydrogens (tertiary/aromatic N) is 4. The van der Waals surface area contributed by atoms with Crippen LogP contribution in [0.2, 0.25) is 0 Å². The second-order valence-corrected chi connectivity index (χ2v) is 14.2. The number of aromatic nitrogens is 2. The first kappa shape index (κ1) is 30.4. The van der Waals surface area contributed by atoms with E-state index in [0.29, 0.717) is 25.2 Å². The molecule has 0 saturated heterocycles. The zero-order chi connectivity index (χ0) is 31.4. The second kappa shape index (κ2) is 10.8. The number of carbonyl (C=O) groups excluding carboxylic acids is 1. The molecule has 1 aromatic heterocycles. The van der Waals surface area contributed by atoms with Crippen LogP contribution in [0.5, 0.6) is 0 Å². The summed E-state index contributed by atoms with van der Waals surface area (Å²) in [5.74, 6) is -3.41. The first-order chi connectivity index (χ1) is 20.8. The summed E-state index contributed by atoms with van der Waals surface area (Å²) >= 11 is 0. The molecule has 2 aromatic carbocycles. The summed E-state index contributed by atoms with van der Waals surface area (Å²) < 4.78 is 32.6. The average molecular weight is 603 g/mol. The smallest absolute Gasteiger partial charge is 0.322 e. The quantitative estimate of drug-likeness (QED) is 0.254. The molecule has 0 atom stereocenters. The van der Waals surface area contributed by atoms with Crippen LogP contribution in [0, 0.1) is 22.2 Å². The number of rotatable bonds is 10. The molecule has 9 heteroatoms. The van der Waals surface area contributed by atoms with Gasteiger partial charge in [-0.1, -0.05) is 41.6 Å². The monoisotopic (exact) mass is 602 g/mol. The highest BCUT2D eigenvalue weighted by Crippen LogP contribution is 2.58. The van der Waals surface area contributed by atoms with Gasteiger partial charge in [-0.2, -0.15) is 19.0 Å². The van der Waals surface area contributed by atoms with Gasteiger partial charge < -0.3 is 14.5 Å². The van der Waals surface area contributed by atoms with E-state index in [2.05, 4.69) is 16.2 Å². The summed E-state index contributed by atoms with van der Waals surface area (Å²) in [5.41, 5.74) is 1.84. The Bertz CT molecular complexity index is 1550. The van der Waals surface area contributed by atoms with Crippen LogP contribution >= 0.6 is 0 Å². The maximum absolute atomic E-state index is 13.9. The molecule has 1 heterocycles. The van der Waals surface area contributed by atoms with Crippen LogP contribution in [0.1, 0.15) is 102 Å². The third-order valence-corrected chi connectivity index (χ3v) is 10.5. The Morgan fingerprint density at radius 1 is 1.00 bits per heavy atom.